The maximum absolute atomic E-state index is 12.3. The Morgan fingerprint density at radius 2 is 1.70 bits per heavy atom. The number of benzene rings is 2. The summed E-state index contributed by atoms with van der Waals surface area (Å²) in [5, 5.41) is 6.15. The molecule has 0 bridgehead atoms. The summed E-state index contributed by atoms with van der Waals surface area (Å²) in [6.07, 6.45) is 3.24. The number of amides is 2. The van der Waals surface area contributed by atoms with Gasteiger partial charge < -0.3 is 10.6 Å². The van der Waals surface area contributed by atoms with Crippen LogP contribution < -0.4 is 10.6 Å². The molecule has 1 heterocycles. The van der Waals surface area contributed by atoms with Gasteiger partial charge >= 0.3 is 0 Å². The highest BCUT2D eigenvalue weighted by Crippen LogP contribution is 2.22. The first-order valence-corrected chi connectivity index (χ1v) is 9.46. The largest absolute Gasteiger partial charge is 0.325 e. The molecule has 2 N–H and O–H groups in total. The van der Waals surface area contributed by atoms with Crippen molar-refractivity contribution < 1.29 is 9.59 Å². The van der Waals surface area contributed by atoms with Crippen LogP contribution in [0.5, 0.6) is 0 Å². The number of rotatable bonds is 6. The second kappa shape index (κ2) is 9.21. The molecule has 7 heteroatoms. The fourth-order valence-electron chi connectivity index (χ4n) is 2.28. The minimum Gasteiger partial charge on any atom is -0.325 e. The van der Waals surface area contributed by atoms with E-state index in [9.17, 15) is 9.59 Å². The molecule has 0 radical (unpaired) electrons. The minimum atomic E-state index is -0.241. The first-order valence-electron chi connectivity index (χ1n) is 8.10. The highest BCUT2D eigenvalue weighted by Gasteiger charge is 2.08. The van der Waals surface area contributed by atoms with Gasteiger partial charge in [0.25, 0.3) is 5.91 Å². The summed E-state index contributed by atoms with van der Waals surface area (Å²) in [4.78, 5) is 29.1. The first-order chi connectivity index (χ1) is 13.1. The molecule has 0 saturated heterocycles. The molecule has 1 aromatic heterocycles. The fraction of sp³-hybridized carbons (Fsp3) is 0.0500. The van der Waals surface area contributed by atoms with Crippen molar-refractivity contribution in [2.24, 2.45) is 0 Å². The summed E-state index contributed by atoms with van der Waals surface area (Å²) in [6.45, 7) is 0. The molecule has 3 rings (SSSR count). The Balaban J connectivity index is 1.57. The van der Waals surface area contributed by atoms with Gasteiger partial charge in [-0.1, -0.05) is 23.7 Å². The zero-order valence-corrected chi connectivity index (χ0v) is 15.8. The van der Waals surface area contributed by atoms with Crippen LogP contribution in [0, 0.1) is 0 Å². The second-order valence-corrected chi connectivity index (χ2v) is 7.05. The van der Waals surface area contributed by atoms with Crippen molar-refractivity contribution in [1.82, 2.24) is 4.98 Å². The Kier molecular flexibility index (Phi) is 6.46. The van der Waals surface area contributed by atoms with Crippen LogP contribution in [0.1, 0.15) is 10.4 Å². The predicted molar refractivity (Wildman–Crippen MR) is 109 cm³/mol. The quantitative estimate of drug-likeness (QED) is 0.590. The van der Waals surface area contributed by atoms with Gasteiger partial charge in [-0.15, -0.1) is 11.8 Å². The fourth-order valence-corrected chi connectivity index (χ4v) is 3.22. The number of carbonyl (C=O) groups is 2. The zero-order valence-electron chi connectivity index (χ0n) is 14.2. The number of pyridine rings is 1. The normalized spacial score (nSPS) is 10.3. The summed E-state index contributed by atoms with van der Waals surface area (Å²) < 4.78 is 0. The molecule has 0 spiro atoms. The summed E-state index contributed by atoms with van der Waals surface area (Å²) in [5.41, 5.74) is 1.84. The van der Waals surface area contributed by atoms with Crippen LogP contribution in [-0.4, -0.2) is 22.6 Å². The van der Waals surface area contributed by atoms with Crippen molar-refractivity contribution in [2.75, 3.05) is 16.4 Å². The average Bonchev–Trinajstić information content (AvgIpc) is 2.67. The van der Waals surface area contributed by atoms with Gasteiger partial charge in [0.15, 0.2) is 0 Å². The van der Waals surface area contributed by atoms with Crippen LogP contribution in [0.25, 0.3) is 0 Å². The standard InChI is InChI=1S/C20H16ClN3O2S/c21-15-4-1-3-14(11-15)20(26)24-17-5-2-6-18(12-17)27-13-19(25)23-16-7-9-22-10-8-16/h1-12H,13H2,(H,24,26)(H,22,23,25). The van der Waals surface area contributed by atoms with E-state index in [4.69, 9.17) is 11.6 Å². The van der Waals surface area contributed by atoms with Gasteiger partial charge in [-0.3, -0.25) is 14.6 Å². The minimum absolute atomic E-state index is 0.112. The lowest BCUT2D eigenvalue weighted by Gasteiger charge is -2.08. The number of hydrogen-bond acceptors (Lipinski definition) is 4. The summed E-state index contributed by atoms with van der Waals surface area (Å²) in [6, 6.07) is 17.6. The van der Waals surface area contributed by atoms with Crippen LogP contribution in [0.2, 0.25) is 5.02 Å². The van der Waals surface area contributed by atoms with Crippen LogP contribution in [0.3, 0.4) is 0 Å². The van der Waals surface area contributed by atoms with E-state index in [1.165, 1.54) is 11.8 Å². The maximum atomic E-state index is 12.3. The van der Waals surface area contributed by atoms with Gasteiger partial charge in [0.2, 0.25) is 5.91 Å². The molecule has 0 aliphatic carbocycles. The Hall–Kier alpha value is -2.83. The number of nitrogens with zero attached hydrogens (tertiary/aromatic N) is 1. The molecule has 3 aromatic rings. The molecule has 2 aromatic carbocycles. The van der Waals surface area contributed by atoms with Gasteiger partial charge in [-0.05, 0) is 48.5 Å². The van der Waals surface area contributed by atoms with E-state index in [1.807, 2.05) is 18.2 Å². The Labute approximate surface area is 166 Å². The van der Waals surface area contributed by atoms with Crippen molar-refractivity contribution in [3.8, 4) is 0 Å². The molecule has 2 amide bonds. The van der Waals surface area contributed by atoms with Crippen molar-refractivity contribution in [3.05, 3.63) is 83.6 Å². The number of halogens is 1. The Morgan fingerprint density at radius 3 is 2.48 bits per heavy atom. The molecule has 27 heavy (non-hydrogen) atoms. The third-order valence-corrected chi connectivity index (χ3v) is 4.74. The van der Waals surface area contributed by atoms with Crippen molar-refractivity contribution >= 4 is 46.6 Å². The maximum Gasteiger partial charge on any atom is 0.255 e. The molecule has 0 atom stereocenters. The van der Waals surface area contributed by atoms with Crippen molar-refractivity contribution in [1.29, 1.82) is 0 Å². The van der Waals surface area contributed by atoms with Gasteiger partial charge in [0, 0.05) is 39.3 Å². The first kappa shape index (κ1) is 18.9. The lowest BCUT2D eigenvalue weighted by Crippen LogP contribution is -2.14. The van der Waals surface area contributed by atoms with Crippen LogP contribution in [-0.2, 0) is 4.79 Å². The number of anilines is 2. The molecule has 5 nitrogen and oxygen atoms in total. The molecule has 0 aliphatic rings. The third-order valence-electron chi connectivity index (χ3n) is 3.51. The third kappa shape index (κ3) is 5.84. The van der Waals surface area contributed by atoms with Crippen molar-refractivity contribution in [3.63, 3.8) is 0 Å². The molecule has 0 saturated carbocycles. The number of aromatic nitrogens is 1. The Bertz CT molecular complexity index is 951. The van der Waals surface area contributed by atoms with Crippen LogP contribution in [0.15, 0.2) is 78.0 Å². The number of nitrogens with one attached hydrogen (secondary N) is 2. The molecular formula is C20H16ClN3O2S. The highest BCUT2D eigenvalue weighted by atomic mass is 35.5. The lowest BCUT2D eigenvalue weighted by molar-refractivity contribution is -0.113. The average molecular weight is 398 g/mol. The van der Waals surface area contributed by atoms with Crippen LogP contribution in [0.4, 0.5) is 11.4 Å². The number of hydrogen-bond donors (Lipinski definition) is 2. The molecule has 0 unspecified atom stereocenters. The topological polar surface area (TPSA) is 71.1 Å². The van der Waals surface area contributed by atoms with E-state index in [0.717, 1.165) is 4.90 Å². The lowest BCUT2D eigenvalue weighted by atomic mass is 10.2. The summed E-state index contributed by atoms with van der Waals surface area (Å²) in [5.74, 6) is -0.0942. The van der Waals surface area contributed by atoms with Gasteiger partial charge in [0.05, 0.1) is 5.75 Å². The number of carbonyl (C=O) groups excluding carboxylic acids is 2. The number of thioether (sulfide) groups is 1. The van der Waals surface area contributed by atoms with Crippen molar-refractivity contribution in [2.45, 2.75) is 4.90 Å². The van der Waals surface area contributed by atoms with Gasteiger partial charge in [0.1, 0.15) is 0 Å². The molecule has 0 fully saturated rings. The predicted octanol–water partition coefficient (Wildman–Crippen LogP) is 4.72. The van der Waals surface area contributed by atoms with E-state index in [2.05, 4.69) is 15.6 Å². The van der Waals surface area contributed by atoms with Gasteiger partial charge in [-0.2, -0.15) is 0 Å². The molecule has 136 valence electrons. The monoisotopic (exact) mass is 397 g/mol. The van der Waals surface area contributed by atoms with Crippen LogP contribution >= 0.6 is 23.4 Å². The highest BCUT2D eigenvalue weighted by molar-refractivity contribution is 8.00. The van der Waals surface area contributed by atoms with E-state index in [1.54, 1.807) is 54.9 Å². The Morgan fingerprint density at radius 1 is 0.926 bits per heavy atom. The summed E-state index contributed by atoms with van der Waals surface area (Å²) in [7, 11) is 0. The molecule has 0 aliphatic heterocycles. The van der Waals surface area contributed by atoms with E-state index < -0.39 is 0 Å². The smallest absolute Gasteiger partial charge is 0.255 e. The van der Waals surface area contributed by atoms with E-state index in [0.29, 0.717) is 22.0 Å². The van der Waals surface area contributed by atoms with Gasteiger partial charge in [-0.25, -0.2) is 0 Å². The second-order valence-electron chi connectivity index (χ2n) is 5.57. The van der Waals surface area contributed by atoms with E-state index in [-0.39, 0.29) is 17.6 Å². The molecular weight excluding hydrogens is 382 g/mol. The SMILES string of the molecule is O=C(CSc1cccc(NC(=O)c2cccc(Cl)c2)c1)Nc1ccncc1. The zero-order chi connectivity index (χ0) is 19.1. The summed E-state index contributed by atoms with van der Waals surface area (Å²) >= 11 is 7.31. The van der Waals surface area contributed by atoms with E-state index >= 15 is 0 Å².